The summed E-state index contributed by atoms with van der Waals surface area (Å²) in [6, 6.07) is 17.3. The average Bonchev–Trinajstić information content (AvgIpc) is 3.27. The van der Waals surface area contributed by atoms with Gasteiger partial charge in [0.1, 0.15) is 11.4 Å². The smallest absolute Gasteiger partial charge is 0.326 e. The first-order valence-electron chi connectivity index (χ1n) is 13.5. The average molecular weight is 594 g/mol. The molecule has 2 aromatic carbocycles. The highest BCUT2D eigenvalue weighted by Crippen LogP contribution is 2.33. The molecule has 1 aliphatic heterocycles. The van der Waals surface area contributed by atoms with Crippen LogP contribution in [0.2, 0.25) is 0 Å². The number of benzene rings is 2. The fourth-order valence-electron chi connectivity index (χ4n) is 4.99. The highest BCUT2D eigenvalue weighted by molar-refractivity contribution is 7.96. The van der Waals surface area contributed by atoms with Crippen LogP contribution in [0.3, 0.4) is 0 Å². The fourth-order valence-corrected chi connectivity index (χ4v) is 6.26. The number of amides is 2. The van der Waals surface area contributed by atoms with Gasteiger partial charge < -0.3 is 10.6 Å². The Morgan fingerprint density at radius 2 is 1.80 bits per heavy atom. The number of hydrogen-bond donors (Lipinski definition) is 3. The van der Waals surface area contributed by atoms with Gasteiger partial charge in [0, 0.05) is 30.4 Å². The molecular weight excluding hydrogens is 558 g/mol. The molecule has 2 heterocycles. The molecule has 3 N–H and O–H groups in total. The van der Waals surface area contributed by atoms with E-state index in [0.29, 0.717) is 43.5 Å². The van der Waals surface area contributed by atoms with Crippen LogP contribution >= 0.6 is 12.6 Å². The zero-order chi connectivity index (χ0) is 29.6. The number of carbonyl (C=O) groups excluding carboxylic acids is 2. The van der Waals surface area contributed by atoms with E-state index in [2.05, 4.69) is 29.5 Å². The first kappa shape index (κ1) is 30.3. The van der Waals surface area contributed by atoms with Crippen LogP contribution in [-0.2, 0) is 34.2 Å². The van der Waals surface area contributed by atoms with E-state index in [1.54, 1.807) is 25.3 Å². The Hall–Kier alpha value is -3.70. The first-order chi connectivity index (χ1) is 19.5. The second kappa shape index (κ2) is 12.9. The summed E-state index contributed by atoms with van der Waals surface area (Å²) >= 11 is 4.06. The van der Waals surface area contributed by atoms with Crippen LogP contribution in [0, 0.1) is 0 Å². The highest BCUT2D eigenvalue weighted by atomic mass is 32.2. The van der Waals surface area contributed by atoms with Crippen molar-refractivity contribution in [1.82, 2.24) is 14.6 Å². The third-order valence-electron chi connectivity index (χ3n) is 7.08. The number of sulfonamides is 1. The van der Waals surface area contributed by atoms with Gasteiger partial charge in [-0.25, -0.2) is 17.9 Å². The quantitative estimate of drug-likeness (QED) is 0.265. The minimum atomic E-state index is -4.29. The van der Waals surface area contributed by atoms with Crippen molar-refractivity contribution in [2.45, 2.75) is 62.9 Å². The Labute approximate surface area is 246 Å². The molecule has 4 rings (SSSR count). The summed E-state index contributed by atoms with van der Waals surface area (Å²) in [6.45, 7) is 4.51. The molecule has 0 aliphatic carbocycles. The van der Waals surface area contributed by atoms with Crippen LogP contribution in [0.15, 0.2) is 76.7 Å². The molecule has 9 nitrogen and oxygen atoms in total. The van der Waals surface area contributed by atoms with Gasteiger partial charge in [-0.3, -0.25) is 14.8 Å². The minimum Gasteiger partial charge on any atom is -0.353 e. The molecule has 0 saturated carbocycles. The van der Waals surface area contributed by atoms with E-state index in [1.807, 2.05) is 58.2 Å². The summed E-state index contributed by atoms with van der Waals surface area (Å²) in [4.78, 5) is 34.9. The first-order valence-corrected chi connectivity index (χ1v) is 15.5. The van der Waals surface area contributed by atoms with E-state index < -0.39 is 21.6 Å². The zero-order valence-corrected chi connectivity index (χ0v) is 24.9. The van der Waals surface area contributed by atoms with Crippen molar-refractivity contribution in [1.29, 1.82) is 0 Å². The second-order valence-electron chi connectivity index (χ2n) is 10.3. The lowest BCUT2D eigenvalue weighted by Crippen LogP contribution is -2.37. The van der Waals surface area contributed by atoms with Crippen molar-refractivity contribution in [3.63, 3.8) is 0 Å². The zero-order valence-electron chi connectivity index (χ0n) is 23.2. The van der Waals surface area contributed by atoms with Crippen molar-refractivity contribution in [2.24, 2.45) is 10.7 Å². The maximum absolute atomic E-state index is 13.4. The standard InChI is InChI=1S/C30H35N5O4S2/c1-3-4-12-27-33-30(2,28(36)40)20-35(27)19-21-13-16-25(26(18-21)41(38,39)34-29(31)37)24-11-6-5-9-22(24)14-15-23-10-7-8-17-32-23/h5-11,13,16-18H,3-4,12,14-15,19-20H2,1-2H3,(H,36,40)(H3,31,34,37). The largest absolute Gasteiger partial charge is 0.353 e. The number of nitrogens with one attached hydrogen (secondary N) is 1. The van der Waals surface area contributed by atoms with Crippen molar-refractivity contribution in [2.75, 3.05) is 6.54 Å². The topological polar surface area (TPSA) is 135 Å². The van der Waals surface area contributed by atoms with Gasteiger partial charge >= 0.3 is 6.03 Å². The van der Waals surface area contributed by atoms with Crippen molar-refractivity contribution in [3.8, 4) is 11.1 Å². The van der Waals surface area contributed by atoms with Crippen LogP contribution in [0.5, 0.6) is 0 Å². The summed E-state index contributed by atoms with van der Waals surface area (Å²) in [5.41, 5.74) is 8.02. The van der Waals surface area contributed by atoms with Gasteiger partial charge in [-0.15, -0.1) is 12.6 Å². The van der Waals surface area contributed by atoms with Crippen LogP contribution < -0.4 is 10.5 Å². The Kier molecular flexibility index (Phi) is 9.49. The van der Waals surface area contributed by atoms with Crippen molar-refractivity contribution >= 4 is 39.6 Å². The molecule has 216 valence electrons. The lowest BCUT2D eigenvalue weighted by atomic mass is 9.95. The summed E-state index contributed by atoms with van der Waals surface area (Å²) in [5, 5.41) is -0.319. The van der Waals surface area contributed by atoms with Gasteiger partial charge in [-0.05, 0) is 61.1 Å². The molecule has 11 heteroatoms. The van der Waals surface area contributed by atoms with Crippen molar-refractivity contribution < 1.29 is 18.0 Å². The highest BCUT2D eigenvalue weighted by Gasteiger charge is 2.39. The predicted octanol–water partition coefficient (Wildman–Crippen LogP) is 4.51. The summed E-state index contributed by atoms with van der Waals surface area (Å²) in [7, 11) is -4.29. The molecule has 1 aromatic heterocycles. The van der Waals surface area contributed by atoms with E-state index in [0.717, 1.165) is 35.5 Å². The number of hydrogen-bond acceptors (Lipinski definition) is 7. The van der Waals surface area contributed by atoms with E-state index in [4.69, 9.17) is 5.73 Å². The number of aliphatic imine (C=N–C) groups is 1. The summed E-state index contributed by atoms with van der Waals surface area (Å²) in [5.74, 6) is 0.792. The third-order valence-corrected chi connectivity index (χ3v) is 8.95. The number of rotatable bonds is 12. The van der Waals surface area contributed by atoms with Crippen LogP contribution in [0.4, 0.5) is 4.79 Å². The van der Waals surface area contributed by atoms with E-state index in [-0.39, 0.29) is 10.0 Å². The molecule has 0 radical (unpaired) electrons. The monoisotopic (exact) mass is 593 g/mol. The summed E-state index contributed by atoms with van der Waals surface area (Å²) < 4.78 is 28.7. The second-order valence-corrected chi connectivity index (χ2v) is 12.4. The Morgan fingerprint density at radius 1 is 1.05 bits per heavy atom. The van der Waals surface area contributed by atoms with E-state index >= 15 is 0 Å². The van der Waals surface area contributed by atoms with Gasteiger partial charge in [0.25, 0.3) is 10.0 Å². The SMILES string of the molecule is CCCCC1=NC(C)(C(=O)S)CN1Cc1ccc(-c2ccccc2CCc2ccccn2)c(S(=O)(=O)NC(N)=O)c1. The van der Waals surface area contributed by atoms with E-state index in [9.17, 15) is 18.0 Å². The molecule has 0 spiro atoms. The molecule has 0 saturated heterocycles. The Morgan fingerprint density at radius 3 is 2.49 bits per heavy atom. The molecule has 3 aromatic rings. The number of primary amides is 1. The van der Waals surface area contributed by atoms with Gasteiger partial charge in [0.05, 0.1) is 11.4 Å². The van der Waals surface area contributed by atoms with Crippen molar-refractivity contribution in [3.05, 3.63) is 83.7 Å². The number of unbranched alkanes of at least 4 members (excludes halogenated alkanes) is 1. The molecule has 2 amide bonds. The number of urea groups is 1. The normalized spacial score (nSPS) is 16.9. The number of nitrogens with zero attached hydrogens (tertiary/aromatic N) is 3. The van der Waals surface area contributed by atoms with Gasteiger partial charge in [-0.2, -0.15) is 0 Å². The maximum Gasteiger partial charge on any atom is 0.326 e. The van der Waals surface area contributed by atoms with E-state index in [1.165, 1.54) is 0 Å². The van der Waals surface area contributed by atoms with Crippen LogP contribution in [-0.4, -0.2) is 47.4 Å². The number of nitrogens with two attached hydrogens (primary N) is 1. The lowest BCUT2D eigenvalue weighted by Gasteiger charge is -2.24. The van der Waals surface area contributed by atoms with Gasteiger partial charge in [0.15, 0.2) is 0 Å². The van der Waals surface area contributed by atoms with Gasteiger partial charge in [0.2, 0.25) is 5.12 Å². The lowest BCUT2D eigenvalue weighted by molar-refractivity contribution is -0.114. The molecule has 1 aliphatic rings. The number of aromatic nitrogens is 1. The minimum absolute atomic E-state index is 0.0571. The number of carbonyl (C=O) groups is 2. The molecule has 0 bridgehead atoms. The molecule has 1 unspecified atom stereocenters. The number of pyridine rings is 1. The van der Waals surface area contributed by atoms with Crippen LogP contribution in [0.25, 0.3) is 11.1 Å². The third kappa shape index (κ3) is 7.34. The molecular formula is C30H35N5O4S2. The Bertz CT molecular complexity index is 1560. The molecule has 0 fully saturated rings. The number of amidine groups is 1. The Balaban J connectivity index is 1.72. The molecule has 1 atom stereocenters. The number of thiol groups is 1. The molecule has 41 heavy (non-hydrogen) atoms. The summed E-state index contributed by atoms with van der Waals surface area (Å²) in [6.07, 6.45) is 5.63. The number of aryl methyl sites for hydroxylation is 2. The van der Waals surface area contributed by atoms with Gasteiger partial charge in [-0.1, -0.05) is 55.8 Å². The predicted molar refractivity (Wildman–Crippen MR) is 163 cm³/mol. The fraction of sp³-hybridized carbons (Fsp3) is 0.333. The maximum atomic E-state index is 13.4. The van der Waals surface area contributed by atoms with Crippen LogP contribution in [0.1, 0.15) is 49.9 Å².